The summed E-state index contributed by atoms with van der Waals surface area (Å²) in [6.45, 7) is 4.21. The Kier molecular flexibility index (Phi) is 3.79. The lowest BCUT2D eigenvalue weighted by atomic mass is 10.2. The predicted octanol–water partition coefficient (Wildman–Crippen LogP) is 2.21. The topological polar surface area (TPSA) is 85.1 Å². The van der Waals surface area contributed by atoms with Crippen LogP contribution in [-0.2, 0) is 17.8 Å². The minimum absolute atomic E-state index is 0.0816. The van der Waals surface area contributed by atoms with Crippen molar-refractivity contribution in [3.05, 3.63) is 43.2 Å². The van der Waals surface area contributed by atoms with Gasteiger partial charge in [0.15, 0.2) is 0 Å². The summed E-state index contributed by atoms with van der Waals surface area (Å²) >= 11 is 2.87. The molecule has 6 nitrogen and oxygen atoms in total. The van der Waals surface area contributed by atoms with E-state index in [4.69, 9.17) is 5.11 Å². The van der Waals surface area contributed by atoms with Crippen molar-refractivity contribution < 1.29 is 9.90 Å². The Balaban J connectivity index is 1.95. The molecule has 0 aliphatic heterocycles. The first-order chi connectivity index (χ1) is 10.5. The molecule has 3 heterocycles. The van der Waals surface area contributed by atoms with Gasteiger partial charge in [-0.05, 0) is 19.4 Å². The first-order valence-corrected chi connectivity index (χ1v) is 8.25. The van der Waals surface area contributed by atoms with Crippen molar-refractivity contribution in [3.63, 3.8) is 0 Å². The molecule has 0 saturated heterocycles. The van der Waals surface area contributed by atoms with Gasteiger partial charge < -0.3 is 5.11 Å². The fourth-order valence-corrected chi connectivity index (χ4v) is 3.97. The molecule has 0 aliphatic carbocycles. The van der Waals surface area contributed by atoms with Gasteiger partial charge >= 0.3 is 5.97 Å². The van der Waals surface area contributed by atoms with Gasteiger partial charge in [0.05, 0.1) is 30.4 Å². The molecule has 3 rings (SSSR count). The van der Waals surface area contributed by atoms with E-state index < -0.39 is 5.97 Å². The highest BCUT2D eigenvalue weighted by atomic mass is 32.1. The molecule has 0 amide bonds. The number of carboxylic acids is 1. The number of nitrogens with zero attached hydrogens (tertiary/aromatic N) is 3. The van der Waals surface area contributed by atoms with Crippen molar-refractivity contribution >= 4 is 38.9 Å². The second-order valence-corrected chi connectivity index (χ2v) is 7.09. The fourth-order valence-electron chi connectivity index (χ4n) is 2.19. The van der Waals surface area contributed by atoms with Crippen LogP contribution < -0.4 is 5.56 Å². The van der Waals surface area contributed by atoms with Gasteiger partial charge in [-0.15, -0.1) is 22.7 Å². The molecule has 8 heteroatoms. The molecule has 0 saturated carbocycles. The zero-order valence-corrected chi connectivity index (χ0v) is 13.6. The lowest BCUT2D eigenvalue weighted by molar-refractivity contribution is -0.136. The molecule has 0 aromatic carbocycles. The maximum absolute atomic E-state index is 12.6. The Hall–Kier alpha value is -2.06. The van der Waals surface area contributed by atoms with E-state index in [1.165, 1.54) is 33.6 Å². The second kappa shape index (κ2) is 5.62. The summed E-state index contributed by atoms with van der Waals surface area (Å²) in [6.07, 6.45) is 1.42. The minimum Gasteiger partial charge on any atom is -0.481 e. The molecule has 0 unspecified atom stereocenters. The first kappa shape index (κ1) is 14.9. The van der Waals surface area contributed by atoms with E-state index in [9.17, 15) is 9.59 Å². The summed E-state index contributed by atoms with van der Waals surface area (Å²) < 4.78 is 1.52. The summed E-state index contributed by atoms with van der Waals surface area (Å²) in [5, 5.41) is 11.8. The molecule has 1 N–H and O–H groups in total. The average molecular weight is 335 g/mol. The molecular formula is C14H13N3O3S2. The van der Waals surface area contributed by atoms with Gasteiger partial charge in [-0.2, -0.15) is 0 Å². The third-order valence-corrected chi connectivity index (χ3v) is 5.39. The first-order valence-electron chi connectivity index (χ1n) is 6.56. The van der Waals surface area contributed by atoms with Crippen molar-refractivity contribution in [2.24, 2.45) is 0 Å². The summed E-state index contributed by atoms with van der Waals surface area (Å²) in [7, 11) is 0. The van der Waals surface area contributed by atoms with Crippen LogP contribution in [0.15, 0.2) is 16.5 Å². The van der Waals surface area contributed by atoms with Crippen LogP contribution in [-0.4, -0.2) is 25.6 Å². The fraction of sp³-hybridized carbons (Fsp3) is 0.286. The highest BCUT2D eigenvalue weighted by Crippen LogP contribution is 2.25. The van der Waals surface area contributed by atoms with E-state index in [0.29, 0.717) is 22.6 Å². The Bertz CT molecular complexity index is 923. The number of aromatic nitrogens is 3. The third kappa shape index (κ3) is 2.67. The van der Waals surface area contributed by atoms with Gasteiger partial charge in [0.25, 0.3) is 5.56 Å². The summed E-state index contributed by atoms with van der Waals surface area (Å²) in [6, 6.07) is 0. The Morgan fingerprint density at radius 1 is 1.41 bits per heavy atom. The van der Waals surface area contributed by atoms with Crippen LogP contribution in [0.25, 0.3) is 10.2 Å². The average Bonchev–Trinajstić information content (AvgIpc) is 2.99. The van der Waals surface area contributed by atoms with E-state index >= 15 is 0 Å². The van der Waals surface area contributed by atoms with Crippen molar-refractivity contribution in [2.45, 2.75) is 26.8 Å². The SMILES string of the molecule is Cc1sc2ncn(Cc3nc(CC(=O)O)cs3)c(=O)c2c1C. The van der Waals surface area contributed by atoms with Crippen molar-refractivity contribution in [1.82, 2.24) is 14.5 Å². The number of hydrogen-bond acceptors (Lipinski definition) is 6. The molecule has 22 heavy (non-hydrogen) atoms. The molecule has 114 valence electrons. The lowest BCUT2D eigenvalue weighted by Crippen LogP contribution is -2.21. The molecule has 0 fully saturated rings. The van der Waals surface area contributed by atoms with E-state index in [1.807, 2.05) is 13.8 Å². The molecule has 0 radical (unpaired) electrons. The number of aliphatic carboxylic acids is 1. The van der Waals surface area contributed by atoms with Gasteiger partial charge in [-0.25, -0.2) is 9.97 Å². The molecule has 3 aromatic rings. The van der Waals surface area contributed by atoms with Crippen LogP contribution >= 0.6 is 22.7 Å². The van der Waals surface area contributed by atoms with E-state index in [-0.39, 0.29) is 12.0 Å². The van der Waals surface area contributed by atoms with Gasteiger partial charge in [-0.1, -0.05) is 0 Å². The van der Waals surface area contributed by atoms with Crippen molar-refractivity contribution in [1.29, 1.82) is 0 Å². The number of carbonyl (C=O) groups is 1. The van der Waals surface area contributed by atoms with Crippen LogP contribution in [0.2, 0.25) is 0 Å². The normalized spacial score (nSPS) is 11.2. The minimum atomic E-state index is -0.915. The molecular weight excluding hydrogens is 322 g/mol. The van der Waals surface area contributed by atoms with Crippen LogP contribution in [0.1, 0.15) is 21.1 Å². The van der Waals surface area contributed by atoms with Crippen LogP contribution in [0, 0.1) is 13.8 Å². The van der Waals surface area contributed by atoms with Crippen LogP contribution in [0.3, 0.4) is 0 Å². The number of rotatable bonds is 4. The quantitative estimate of drug-likeness (QED) is 0.790. The van der Waals surface area contributed by atoms with E-state index in [0.717, 1.165) is 15.3 Å². The second-order valence-electron chi connectivity index (χ2n) is 4.94. The van der Waals surface area contributed by atoms with Crippen molar-refractivity contribution in [2.75, 3.05) is 0 Å². The van der Waals surface area contributed by atoms with Crippen LogP contribution in [0.4, 0.5) is 0 Å². The Morgan fingerprint density at radius 3 is 2.91 bits per heavy atom. The maximum atomic E-state index is 12.6. The highest BCUT2D eigenvalue weighted by molar-refractivity contribution is 7.18. The summed E-state index contributed by atoms with van der Waals surface area (Å²) in [5.74, 6) is -0.915. The third-order valence-electron chi connectivity index (χ3n) is 3.39. The summed E-state index contributed by atoms with van der Waals surface area (Å²) in [4.78, 5) is 33.7. The summed E-state index contributed by atoms with van der Waals surface area (Å²) in [5.41, 5.74) is 1.40. The number of aryl methyl sites for hydroxylation is 2. The zero-order valence-electron chi connectivity index (χ0n) is 12.0. The molecule has 0 bridgehead atoms. The number of hydrogen-bond donors (Lipinski definition) is 1. The number of thiazole rings is 1. The zero-order chi connectivity index (χ0) is 15.9. The largest absolute Gasteiger partial charge is 0.481 e. The molecule has 0 spiro atoms. The van der Waals surface area contributed by atoms with Gasteiger partial charge in [0.1, 0.15) is 9.84 Å². The van der Waals surface area contributed by atoms with Crippen molar-refractivity contribution in [3.8, 4) is 0 Å². The standard InChI is InChI=1S/C14H13N3O3S2/c1-7-8(2)22-13-12(7)14(20)17(6-15-13)4-10-16-9(5-21-10)3-11(18)19/h5-6H,3-4H2,1-2H3,(H,18,19). The number of carboxylic acid groups (broad SMARTS) is 1. The Labute approximate surface area is 133 Å². The monoisotopic (exact) mass is 335 g/mol. The molecule has 0 aliphatic rings. The Morgan fingerprint density at radius 2 is 2.18 bits per heavy atom. The van der Waals surface area contributed by atoms with E-state index in [1.54, 1.807) is 5.38 Å². The number of thiophene rings is 1. The highest BCUT2D eigenvalue weighted by Gasteiger charge is 2.13. The molecule has 3 aromatic heterocycles. The van der Waals surface area contributed by atoms with E-state index in [2.05, 4.69) is 9.97 Å². The lowest BCUT2D eigenvalue weighted by Gasteiger charge is -2.02. The number of fused-ring (bicyclic) bond motifs is 1. The molecule has 0 atom stereocenters. The smallest absolute Gasteiger partial charge is 0.309 e. The van der Waals surface area contributed by atoms with Gasteiger partial charge in [0.2, 0.25) is 0 Å². The van der Waals surface area contributed by atoms with Gasteiger partial charge in [-0.3, -0.25) is 14.2 Å². The maximum Gasteiger partial charge on any atom is 0.309 e. The van der Waals surface area contributed by atoms with Crippen LogP contribution in [0.5, 0.6) is 0 Å². The van der Waals surface area contributed by atoms with Gasteiger partial charge in [0, 0.05) is 10.3 Å². The predicted molar refractivity (Wildman–Crippen MR) is 85.9 cm³/mol.